The van der Waals surface area contributed by atoms with E-state index in [-0.39, 0.29) is 5.75 Å². The number of rotatable bonds is 5. The second kappa shape index (κ2) is 6.60. The van der Waals surface area contributed by atoms with E-state index in [1.54, 1.807) is 18.2 Å². The zero-order valence-corrected chi connectivity index (χ0v) is 12.2. The Morgan fingerprint density at radius 1 is 1.30 bits per heavy atom. The van der Waals surface area contributed by atoms with Crippen molar-refractivity contribution in [3.05, 3.63) is 46.3 Å². The van der Waals surface area contributed by atoms with Crippen LogP contribution in [0.15, 0.2) is 35.1 Å². The number of aromatic nitrogens is 2. The molecule has 0 unspecified atom stereocenters. The summed E-state index contributed by atoms with van der Waals surface area (Å²) >= 11 is 3.30. The normalized spacial score (nSPS) is 10.7. The summed E-state index contributed by atoms with van der Waals surface area (Å²) in [6.45, 7) is -0.689. The SMILES string of the molecule is Cc1cc(NCc2cc(Br)ccc2OC(F)F)ncn1. The summed E-state index contributed by atoms with van der Waals surface area (Å²) < 4.78 is 30.0. The molecule has 0 saturated carbocycles. The van der Waals surface area contributed by atoms with Gasteiger partial charge in [0, 0.05) is 28.3 Å². The zero-order chi connectivity index (χ0) is 14.5. The lowest BCUT2D eigenvalue weighted by Crippen LogP contribution is -2.08. The highest BCUT2D eigenvalue weighted by Gasteiger charge is 2.10. The Kier molecular flexibility index (Phi) is 4.84. The molecule has 2 aromatic rings. The summed E-state index contributed by atoms with van der Waals surface area (Å²) in [6.07, 6.45) is 1.44. The van der Waals surface area contributed by atoms with Gasteiger partial charge in [0.05, 0.1) is 0 Å². The first kappa shape index (κ1) is 14.6. The summed E-state index contributed by atoms with van der Waals surface area (Å²) in [5.41, 5.74) is 1.43. The monoisotopic (exact) mass is 343 g/mol. The fraction of sp³-hybridized carbons (Fsp3) is 0.231. The smallest absolute Gasteiger partial charge is 0.387 e. The van der Waals surface area contributed by atoms with Gasteiger partial charge >= 0.3 is 6.61 Å². The van der Waals surface area contributed by atoms with E-state index >= 15 is 0 Å². The molecule has 1 heterocycles. The largest absolute Gasteiger partial charge is 0.434 e. The van der Waals surface area contributed by atoms with Crippen molar-refractivity contribution in [3.63, 3.8) is 0 Å². The van der Waals surface area contributed by atoms with Gasteiger partial charge in [0.1, 0.15) is 17.9 Å². The van der Waals surface area contributed by atoms with E-state index < -0.39 is 6.61 Å². The van der Waals surface area contributed by atoms with Gasteiger partial charge in [-0.3, -0.25) is 0 Å². The van der Waals surface area contributed by atoms with E-state index in [9.17, 15) is 8.78 Å². The van der Waals surface area contributed by atoms with Gasteiger partial charge in [-0.05, 0) is 25.1 Å². The highest BCUT2D eigenvalue weighted by Crippen LogP contribution is 2.25. The molecule has 1 N–H and O–H groups in total. The summed E-state index contributed by atoms with van der Waals surface area (Å²) in [4.78, 5) is 8.03. The van der Waals surface area contributed by atoms with Crippen molar-refractivity contribution in [1.82, 2.24) is 9.97 Å². The molecule has 2 rings (SSSR count). The van der Waals surface area contributed by atoms with Crippen LogP contribution in [-0.2, 0) is 6.54 Å². The maximum Gasteiger partial charge on any atom is 0.387 e. The van der Waals surface area contributed by atoms with Gasteiger partial charge in [0.25, 0.3) is 0 Å². The highest BCUT2D eigenvalue weighted by molar-refractivity contribution is 9.10. The summed E-state index contributed by atoms with van der Waals surface area (Å²) in [7, 11) is 0. The molecule has 0 saturated heterocycles. The van der Waals surface area contributed by atoms with Crippen LogP contribution in [0.2, 0.25) is 0 Å². The van der Waals surface area contributed by atoms with Crippen molar-refractivity contribution in [2.24, 2.45) is 0 Å². The lowest BCUT2D eigenvalue weighted by atomic mass is 10.2. The molecule has 0 spiro atoms. The van der Waals surface area contributed by atoms with Crippen molar-refractivity contribution in [1.29, 1.82) is 0 Å². The molecule has 0 amide bonds. The van der Waals surface area contributed by atoms with Crippen LogP contribution in [0.25, 0.3) is 0 Å². The number of aryl methyl sites for hydroxylation is 1. The van der Waals surface area contributed by atoms with Crippen molar-refractivity contribution in [2.75, 3.05) is 5.32 Å². The lowest BCUT2D eigenvalue weighted by Gasteiger charge is -2.12. The first-order chi connectivity index (χ1) is 9.54. The molecule has 106 valence electrons. The van der Waals surface area contributed by atoms with Gasteiger partial charge in [-0.15, -0.1) is 0 Å². The third-order valence-electron chi connectivity index (χ3n) is 2.50. The van der Waals surface area contributed by atoms with Crippen molar-refractivity contribution in [2.45, 2.75) is 20.1 Å². The van der Waals surface area contributed by atoms with Crippen molar-refractivity contribution in [3.8, 4) is 5.75 Å². The lowest BCUT2D eigenvalue weighted by molar-refractivity contribution is -0.0504. The second-order valence-corrected chi connectivity index (χ2v) is 4.94. The molecule has 0 bridgehead atoms. The summed E-state index contributed by atoms with van der Waals surface area (Å²) in [6, 6.07) is 6.64. The quantitative estimate of drug-likeness (QED) is 0.897. The van der Waals surface area contributed by atoms with Gasteiger partial charge in [-0.2, -0.15) is 8.78 Å². The number of hydrogen-bond acceptors (Lipinski definition) is 4. The molecule has 1 aromatic heterocycles. The first-order valence-corrected chi connectivity index (χ1v) is 6.59. The molecule has 0 radical (unpaired) electrons. The number of ether oxygens (including phenoxy) is 1. The van der Waals surface area contributed by atoms with Crippen LogP contribution in [0.3, 0.4) is 0 Å². The average molecular weight is 344 g/mol. The van der Waals surface area contributed by atoms with Crippen LogP contribution in [-0.4, -0.2) is 16.6 Å². The van der Waals surface area contributed by atoms with Gasteiger partial charge in [-0.1, -0.05) is 15.9 Å². The minimum atomic E-state index is -2.85. The fourth-order valence-electron chi connectivity index (χ4n) is 1.63. The van der Waals surface area contributed by atoms with E-state index in [0.29, 0.717) is 17.9 Å². The minimum absolute atomic E-state index is 0.140. The fourth-order valence-corrected chi connectivity index (χ4v) is 2.04. The zero-order valence-electron chi connectivity index (χ0n) is 10.6. The number of nitrogens with one attached hydrogen (secondary N) is 1. The molecule has 0 fully saturated rings. The van der Waals surface area contributed by atoms with Crippen LogP contribution in [0.5, 0.6) is 5.75 Å². The Bertz CT molecular complexity index is 596. The molecule has 0 aliphatic carbocycles. The molecule has 0 aliphatic heterocycles. The number of hydrogen-bond donors (Lipinski definition) is 1. The van der Waals surface area contributed by atoms with E-state index in [2.05, 4.69) is 36.0 Å². The molecule has 0 aliphatic rings. The second-order valence-electron chi connectivity index (χ2n) is 4.03. The molecule has 4 nitrogen and oxygen atoms in total. The number of alkyl halides is 2. The summed E-state index contributed by atoms with van der Waals surface area (Å²) in [5.74, 6) is 0.766. The molecule has 0 atom stereocenters. The van der Waals surface area contributed by atoms with Crippen molar-refractivity contribution >= 4 is 21.7 Å². The van der Waals surface area contributed by atoms with E-state index in [1.807, 2.05) is 6.92 Å². The molecule has 7 heteroatoms. The van der Waals surface area contributed by atoms with Gasteiger partial charge < -0.3 is 10.1 Å². The molecule has 20 heavy (non-hydrogen) atoms. The van der Waals surface area contributed by atoms with Crippen LogP contribution in [0, 0.1) is 6.92 Å². The number of benzene rings is 1. The van der Waals surface area contributed by atoms with Crippen molar-refractivity contribution < 1.29 is 13.5 Å². The molecular formula is C13H12BrF2N3O. The van der Waals surface area contributed by atoms with E-state index in [1.165, 1.54) is 12.4 Å². The van der Waals surface area contributed by atoms with Crippen LogP contribution in [0.4, 0.5) is 14.6 Å². The number of anilines is 1. The third kappa shape index (κ3) is 4.12. The third-order valence-corrected chi connectivity index (χ3v) is 3.00. The predicted molar refractivity (Wildman–Crippen MR) is 74.9 cm³/mol. The Hall–Kier alpha value is -1.76. The Morgan fingerprint density at radius 2 is 2.10 bits per heavy atom. The molecular weight excluding hydrogens is 332 g/mol. The van der Waals surface area contributed by atoms with Gasteiger partial charge in [0.2, 0.25) is 0 Å². The number of nitrogens with zero attached hydrogens (tertiary/aromatic N) is 2. The van der Waals surface area contributed by atoms with Crippen LogP contribution >= 0.6 is 15.9 Å². The summed E-state index contributed by atoms with van der Waals surface area (Å²) in [5, 5.41) is 3.05. The van der Waals surface area contributed by atoms with Crippen LogP contribution in [0.1, 0.15) is 11.3 Å². The number of halogens is 3. The van der Waals surface area contributed by atoms with Crippen LogP contribution < -0.4 is 10.1 Å². The Labute approximate surface area is 123 Å². The Balaban J connectivity index is 2.13. The maximum absolute atomic E-state index is 12.3. The standard InChI is InChI=1S/C13H12BrF2N3O/c1-8-4-12(19-7-18-8)17-6-9-5-10(14)2-3-11(9)20-13(15)16/h2-5,7,13H,6H2,1H3,(H,17,18,19). The maximum atomic E-state index is 12.3. The average Bonchev–Trinajstić information content (AvgIpc) is 2.39. The minimum Gasteiger partial charge on any atom is -0.434 e. The predicted octanol–water partition coefficient (Wildman–Crippen LogP) is 3.76. The van der Waals surface area contributed by atoms with E-state index in [4.69, 9.17) is 0 Å². The Morgan fingerprint density at radius 3 is 2.80 bits per heavy atom. The highest BCUT2D eigenvalue weighted by atomic mass is 79.9. The first-order valence-electron chi connectivity index (χ1n) is 5.80. The van der Waals surface area contributed by atoms with E-state index in [0.717, 1.165) is 10.2 Å². The topological polar surface area (TPSA) is 47.0 Å². The van der Waals surface area contributed by atoms with Gasteiger partial charge in [0.15, 0.2) is 0 Å². The molecule has 1 aromatic carbocycles. The van der Waals surface area contributed by atoms with Gasteiger partial charge in [-0.25, -0.2) is 9.97 Å².